The second kappa shape index (κ2) is 6.92. The van der Waals surface area contributed by atoms with Crippen molar-refractivity contribution < 1.29 is 9.84 Å². The lowest BCUT2D eigenvalue weighted by Gasteiger charge is -2.36. The summed E-state index contributed by atoms with van der Waals surface area (Å²) in [5, 5.41) is 9.61. The maximum atomic E-state index is 9.61. The van der Waals surface area contributed by atoms with E-state index in [9.17, 15) is 5.11 Å². The van der Waals surface area contributed by atoms with E-state index in [-0.39, 0.29) is 6.10 Å². The SMILES string of the molecule is COc1ccc(CN2CCCCC2CC(C)O)cc1. The molecule has 0 spiro atoms. The highest BCUT2D eigenvalue weighted by molar-refractivity contribution is 5.27. The molecule has 0 saturated carbocycles. The molecule has 3 heteroatoms. The van der Waals surface area contributed by atoms with Gasteiger partial charge in [0.2, 0.25) is 0 Å². The quantitative estimate of drug-likeness (QED) is 0.886. The van der Waals surface area contributed by atoms with E-state index in [4.69, 9.17) is 4.74 Å². The van der Waals surface area contributed by atoms with Gasteiger partial charge in [0.1, 0.15) is 5.75 Å². The fraction of sp³-hybridized carbons (Fsp3) is 0.625. The lowest BCUT2D eigenvalue weighted by molar-refractivity contribution is 0.0818. The molecule has 2 atom stereocenters. The number of methoxy groups -OCH3 is 1. The van der Waals surface area contributed by atoms with Crippen LogP contribution in [0.15, 0.2) is 24.3 Å². The average Bonchev–Trinajstić information content (AvgIpc) is 2.41. The molecule has 0 bridgehead atoms. The van der Waals surface area contributed by atoms with Crippen molar-refractivity contribution in [3.05, 3.63) is 29.8 Å². The Morgan fingerprint density at radius 3 is 2.68 bits per heavy atom. The summed E-state index contributed by atoms with van der Waals surface area (Å²) in [6.45, 7) is 4.00. The summed E-state index contributed by atoms with van der Waals surface area (Å²) in [6.07, 6.45) is 4.45. The number of hydrogen-bond acceptors (Lipinski definition) is 3. The number of rotatable bonds is 5. The van der Waals surface area contributed by atoms with Gasteiger partial charge in [-0.15, -0.1) is 0 Å². The Morgan fingerprint density at radius 1 is 1.32 bits per heavy atom. The minimum Gasteiger partial charge on any atom is -0.497 e. The van der Waals surface area contributed by atoms with E-state index in [1.165, 1.54) is 24.8 Å². The van der Waals surface area contributed by atoms with Crippen LogP contribution >= 0.6 is 0 Å². The fourth-order valence-electron chi connectivity index (χ4n) is 2.89. The van der Waals surface area contributed by atoms with Crippen molar-refractivity contribution in [3.8, 4) is 5.75 Å². The van der Waals surface area contributed by atoms with Gasteiger partial charge in [-0.1, -0.05) is 18.6 Å². The van der Waals surface area contributed by atoms with E-state index in [0.717, 1.165) is 25.3 Å². The molecule has 1 aromatic carbocycles. The second-order valence-corrected chi connectivity index (χ2v) is 5.55. The van der Waals surface area contributed by atoms with Gasteiger partial charge >= 0.3 is 0 Å². The Hall–Kier alpha value is -1.06. The summed E-state index contributed by atoms with van der Waals surface area (Å²) in [5.74, 6) is 0.905. The molecule has 0 amide bonds. The maximum absolute atomic E-state index is 9.61. The van der Waals surface area contributed by atoms with Gasteiger partial charge < -0.3 is 9.84 Å². The molecule has 106 valence electrons. The number of piperidine rings is 1. The fourth-order valence-corrected chi connectivity index (χ4v) is 2.89. The molecule has 0 aromatic heterocycles. The molecule has 0 aliphatic carbocycles. The van der Waals surface area contributed by atoms with Crippen LogP contribution in [-0.2, 0) is 6.54 Å². The van der Waals surface area contributed by atoms with E-state index in [0.29, 0.717) is 6.04 Å². The molecule has 1 aliphatic rings. The summed E-state index contributed by atoms with van der Waals surface area (Å²) >= 11 is 0. The molecule has 1 heterocycles. The minimum atomic E-state index is -0.207. The predicted octanol–water partition coefficient (Wildman–Crippen LogP) is 2.82. The summed E-state index contributed by atoms with van der Waals surface area (Å²) in [7, 11) is 1.69. The van der Waals surface area contributed by atoms with Crippen molar-refractivity contribution in [1.29, 1.82) is 0 Å². The molecule has 0 radical (unpaired) electrons. The topological polar surface area (TPSA) is 32.7 Å². The summed E-state index contributed by atoms with van der Waals surface area (Å²) < 4.78 is 5.19. The first-order valence-electron chi connectivity index (χ1n) is 7.24. The summed E-state index contributed by atoms with van der Waals surface area (Å²) in [5.41, 5.74) is 1.32. The Bertz CT molecular complexity index is 375. The van der Waals surface area contributed by atoms with Gasteiger partial charge in [-0.2, -0.15) is 0 Å². The van der Waals surface area contributed by atoms with Crippen LogP contribution in [0, 0.1) is 0 Å². The smallest absolute Gasteiger partial charge is 0.118 e. The Balaban J connectivity index is 1.97. The summed E-state index contributed by atoms with van der Waals surface area (Å²) in [6, 6.07) is 8.82. The highest BCUT2D eigenvalue weighted by atomic mass is 16.5. The van der Waals surface area contributed by atoms with Crippen molar-refractivity contribution in [1.82, 2.24) is 4.90 Å². The number of nitrogens with zero attached hydrogens (tertiary/aromatic N) is 1. The maximum Gasteiger partial charge on any atom is 0.118 e. The van der Waals surface area contributed by atoms with Crippen molar-refractivity contribution in [3.63, 3.8) is 0 Å². The highest BCUT2D eigenvalue weighted by Crippen LogP contribution is 2.23. The zero-order valence-electron chi connectivity index (χ0n) is 12.0. The molecular formula is C16H25NO2. The number of benzene rings is 1. The van der Waals surface area contributed by atoms with Gasteiger partial charge in [0, 0.05) is 12.6 Å². The highest BCUT2D eigenvalue weighted by Gasteiger charge is 2.23. The normalized spacial score (nSPS) is 22.2. The monoisotopic (exact) mass is 263 g/mol. The lowest BCUT2D eigenvalue weighted by atomic mass is 9.96. The Morgan fingerprint density at radius 2 is 2.05 bits per heavy atom. The van der Waals surface area contributed by atoms with Crippen molar-refractivity contribution in [2.45, 2.75) is 51.3 Å². The molecule has 3 nitrogen and oxygen atoms in total. The van der Waals surface area contributed by atoms with Crippen molar-refractivity contribution >= 4 is 0 Å². The first-order valence-corrected chi connectivity index (χ1v) is 7.24. The van der Waals surface area contributed by atoms with E-state index >= 15 is 0 Å². The zero-order chi connectivity index (χ0) is 13.7. The molecular weight excluding hydrogens is 238 g/mol. The second-order valence-electron chi connectivity index (χ2n) is 5.55. The molecule has 1 aromatic rings. The van der Waals surface area contributed by atoms with Crippen LogP contribution in [0.25, 0.3) is 0 Å². The van der Waals surface area contributed by atoms with Crippen LogP contribution in [0.3, 0.4) is 0 Å². The van der Waals surface area contributed by atoms with Crippen LogP contribution in [0.1, 0.15) is 38.2 Å². The van der Waals surface area contributed by atoms with E-state index in [1.807, 2.05) is 19.1 Å². The number of hydrogen-bond donors (Lipinski definition) is 1. The molecule has 1 N–H and O–H groups in total. The zero-order valence-corrected chi connectivity index (χ0v) is 12.0. The van der Waals surface area contributed by atoms with Crippen molar-refractivity contribution in [2.24, 2.45) is 0 Å². The Kier molecular flexibility index (Phi) is 5.23. The number of likely N-dealkylation sites (tertiary alicyclic amines) is 1. The molecule has 19 heavy (non-hydrogen) atoms. The standard InChI is InChI=1S/C16H25NO2/c1-13(18)11-15-5-3-4-10-17(15)12-14-6-8-16(19-2)9-7-14/h6-9,13,15,18H,3-5,10-12H2,1-2H3. The molecule has 2 unspecified atom stereocenters. The van der Waals surface area contributed by atoms with Crippen LogP contribution in [-0.4, -0.2) is 35.8 Å². The minimum absolute atomic E-state index is 0.207. The summed E-state index contributed by atoms with van der Waals surface area (Å²) in [4.78, 5) is 2.51. The molecule has 1 fully saturated rings. The van der Waals surface area contributed by atoms with Gasteiger partial charge in [-0.05, 0) is 50.4 Å². The first-order chi connectivity index (χ1) is 9.19. The number of ether oxygens (including phenoxy) is 1. The van der Waals surface area contributed by atoms with E-state index in [1.54, 1.807) is 7.11 Å². The number of aliphatic hydroxyl groups excluding tert-OH is 1. The first kappa shape index (κ1) is 14.4. The molecule has 1 aliphatic heterocycles. The third-order valence-electron chi connectivity index (χ3n) is 3.91. The van der Waals surface area contributed by atoms with Gasteiger partial charge in [-0.3, -0.25) is 4.90 Å². The average molecular weight is 263 g/mol. The van der Waals surface area contributed by atoms with Gasteiger partial charge in [0.15, 0.2) is 0 Å². The van der Waals surface area contributed by atoms with Crippen LogP contribution in [0.5, 0.6) is 5.75 Å². The Labute approximate surface area is 116 Å². The van der Waals surface area contributed by atoms with Crippen LogP contribution in [0.2, 0.25) is 0 Å². The van der Waals surface area contributed by atoms with E-state index < -0.39 is 0 Å². The third-order valence-corrected chi connectivity index (χ3v) is 3.91. The van der Waals surface area contributed by atoms with Crippen LogP contribution < -0.4 is 4.74 Å². The molecule has 2 rings (SSSR count). The van der Waals surface area contributed by atoms with Gasteiger partial charge in [0.05, 0.1) is 13.2 Å². The van der Waals surface area contributed by atoms with Gasteiger partial charge in [-0.25, -0.2) is 0 Å². The molecule has 1 saturated heterocycles. The lowest BCUT2D eigenvalue weighted by Crippen LogP contribution is -2.40. The number of aliphatic hydroxyl groups is 1. The predicted molar refractivity (Wildman–Crippen MR) is 77.3 cm³/mol. The largest absolute Gasteiger partial charge is 0.497 e. The van der Waals surface area contributed by atoms with Gasteiger partial charge in [0.25, 0.3) is 0 Å². The van der Waals surface area contributed by atoms with Crippen molar-refractivity contribution in [2.75, 3.05) is 13.7 Å². The van der Waals surface area contributed by atoms with Crippen LogP contribution in [0.4, 0.5) is 0 Å². The van der Waals surface area contributed by atoms with E-state index in [2.05, 4.69) is 17.0 Å². The third kappa shape index (κ3) is 4.22.